The maximum Gasteiger partial charge on any atom is 0.267 e. The minimum absolute atomic E-state index is 0.0165. The van der Waals surface area contributed by atoms with E-state index >= 15 is 0 Å². The zero-order chi connectivity index (χ0) is 21.5. The number of rotatable bonds is 5. The third-order valence-corrected chi connectivity index (χ3v) is 8.83. The van der Waals surface area contributed by atoms with Gasteiger partial charge in [0.05, 0.1) is 26.0 Å². The Labute approximate surface area is 196 Å². The molecule has 0 aliphatic heterocycles. The third kappa shape index (κ3) is 4.00. The fraction of sp³-hybridized carbons (Fsp3) is 0.261. The summed E-state index contributed by atoms with van der Waals surface area (Å²) in [6, 6.07) is 11.3. The lowest BCUT2D eigenvalue weighted by Gasteiger charge is -2.13. The summed E-state index contributed by atoms with van der Waals surface area (Å²) in [5, 5.41) is 1.30. The van der Waals surface area contributed by atoms with E-state index in [0.29, 0.717) is 14.4 Å². The van der Waals surface area contributed by atoms with Gasteiger partial charge < -0.3 is 0 Å². The number of fused-ring (bicyclic) bond motifs is 3. The summed E-state index contributed by atoms with van der Waals surface area (Å²) >= 11 is 10.2. The van der Waals surface area contributed by atoms with Gasteiger partial charge in [0.2, 0.25) is 0 Å². The van der Waals surface area contributed by atoms with E-state index in [-0.39, 0.29) is 17.1 Å². The second-order valence-corrected chi connectivity index (χ2v) is 11.3. The van der Waals surface area contributed by atoms with Gasteiger partial charge in [-0.1, -0.05) is 41.1 Å². The highest BCUT2D eigenvalue weighted by molar-refractivity contribution is 7.99. The van der Waals surface area contributed by atoms with Crippen molar-refractivity contribution in [2.75, 3.05) is 5.75 Å². The fourth-order valence-corrected chi connectivity index (χ4v) is 7.14. The molecular formula is C23H19ClN2O2S3. The van der Waals surface area contributed by atoms with Crippen LogP contribution in [0.2, 0.25) is 4.34 Å². The molecule has 1 aromatic carbocycles. The summed E-state index contributed by atoms with van der Waals surface area (Å²) in [5.41, 5.74) is 3.03. The van der Waals surface area contributed by atoms with Gasteiger partial charge in [0, 0.05) is 4.88 Å². The van der Waals surface area contributed by atoms with Crippen LogP contribution in [-0.2, 0) is 12.8 Å². The van der Waals surface area contributed by atoms with Crippen LogP contribution in [0, 0.1) is 6.92 Å². The molecule has 0 saturated heterocycles. The maximum atomic E-state index is 13.7. The van der Waals surface area contributed by atoms with E-state index in [2.05, 4.69) is 0 Å². The van der Waals surface area contributed by atoms with Gasteiger partial charge >= 0.3 is 0 Å². The number of ketones is 1. The molecule has 4 aromatic rings. The van der Waals surface area contributed by atoms with Crippen LogP contribution < -0.4 is 5.56 Å². The Morgan fingerprint density at radius 1 is 1.13 bits per heavy atom. The number of halogens is 1. The predicted octanol–water partition coefficient (Wildman–Crippen LogP) is 6.32. The summed E-state index contributed by atoms with van der Waals surface area (Å²) in [6.45, 7) is 2.02. The van der Waals surface area contributed by atoms with Crippen molar-refractivity contribution in [2.45, 2.75) is 37.8 Å². The Kier molecular flexibility index (Phi) is 5.77. The molecule has 5 rings (SSSR count). The van der Waals surface area contributed by atoms with E-state index < -0.39 is 0 Å². The standard InChI is InChI=1S/C23H19ClN2O2S3/c1-13-6-8-14(9-7-13)26-22(28)20-15-4-2-3-5-17(15)31-21(20)25-23(26)29-12-16(27)18-10-11-19(24)30-18/h6-11H,2-5,12H2,1H3. The van der Waals surface area contributed by atoms with Gasteiger partial charge in [-0.15, -0.1) is 22.7 Å². The van der Waals surface area contributed by atoms with Crippen LogP contribution in [0.25, 0.3) is 15.9 Å². The maximum absolute atomic E-state index is 13.7. The molecule has 0 unspecified atom stereocenters. The largest absolute Gasteiger partial charge is 0.292 e. The van der Waals surface area contributed by atoms with Gasteiger partial charge in [-0.3, -0.25) is 14.2 Å². The first kappa shape index (κ1) is 20.9. The number of nitrogens with zero attached hydrogens (tertiary/aromatic N) is 2. The molecule has 158 valence electrons. The summed E-state index contributed by atoms with van der Waals surface area (Å²) in [6.07, 6.45) is 4.22. The van der Waals surface area contributed by atoms with E-state index in [1.54, 1.807) is 28.0 Å². The van der Waals surface area contributed by atoms with E-state index in [1.165, 1.54) is 33.5 Å². The lowest BCUT2D eigenvalue weighted by Crippen LogP contribution is -2.22. The van der Waals surface area contributed by atoms with Crippen LogP contribution in [0.1, 0.15) is 38.5 Å². The van der Waals surface area contributed by atoms with Crippen molar-refractivity contribution in [2.24, 2.45) is 0 Å². The van der Waals surface area contributed by atoms with Crippen LogP contribution in [0.3, 0.4) is 0 Å². The molecule has 0 bridgehead atoms. The Balaban J connectivity index is 1.61. The number of aromatic nitrogens is 2. The first-order chi connectivity index (χ1) is 15.0. The van der Waals surface area contributed by atoms with E-state index in [1.807, 2.05) is 31.2 Å². The van der Waals surface area contributed by atoms with Crippen molar-refractivity contribution < 1.29 is 4.79 Å². The average Bonchev–Trinajstić information content (AvgIpc) is 3.36. The van der Waals surface area contributed by atoms with Crippen LogP contribution in [-0.4, -0.2) is 21.1 Å². The Morgan fingerprint density at radius 2 is 1.90 bits per heavy atom. The fourth-order valence-electron chi connectivity index (χ4n) is 3.87. The quantitative estimate of drug-likeness (QED) is 0.188. The minimum atomic E-state index is -0.0395. The number of hydrogen-bond donors (Lipinski definition) is 0. The third-order valence-electron chi connectivity index (χ3n) is 5.43. The molecule has 1 aliphatic carbocycles. The number of carbonyl (C=O) groups excluding carboxylic acids is 1. The van der Waals surface area contributed by atoms with Crippen molar-refractivity contribution >= 4 is 62.0 Å². The lowest BCUT2D eigenvalue weighted by molar-refractivity contribution is 0.102. The number of hydrogen-bond acceptors (Lipinski definition) is 6. The predicted molar refractivity (Wildman–Crippen MR) is 131 cm³/mol. The average molecular weight is 487 g/mol. The molecule has 0 N–H and O–H groups in total. The lowest BCUT2D eigenvalue weighted by atomic mass is 9.97. The van der Waals surface area contributed by atoms with Crippen molar-refractivity contribution in [1.29, 1.82) is 0 Å². The molecule has 3 heterocycles. The van der Waals surface area contributed by atoms with E-state index in [0.717, 1.165) is 47.2 Å². The van der Waals surface area contributed by atoms with Gasteiger partial charge in [0.25, 0.3) is 5.56 Å². The number of benzene rings is 1. The zero-order valence-corrected chi connectivity index (χ0v) is 20.0. The first-order valence-corrected chi connectivity index (χ1v) is 13.1. The van der Waals surface area contributed by atoms with E-state index in [9.17, 15) is 9.59 Å². The second-order valence-electron chi connectivity index (χ2n) is 7.58. The SMILES string of the molecule is Cc1ccc(-n2c(SCC(=O)c3ccc(Cl)s3)nc3sc4c(c3c2=O)CCCC4)cc1. The van der Waals surface area contributed by atoms with Gasteiger partial charge in [-0.25, -0.2) is 4.98 Å². The number of thioether (sulfide) groups is 1. The molecule has 0 atom stereocenters. The highest BCUT2D eigenvalue weighted by Crippen LogP contribution is 2.35. The van der Waals surface area contributed by atoms with Gasteiger partial charge in [-0.05, 0) is 62.4 Å². The number of thiophene rings is 2. The van der Waals surface area contributed by atoms with Crippen LogP contribution in [0.4, 0.5) is 0 Å². The smallest absolute Gasteiger partial charge is 0.267 e. The first-order valence-electron chi connectivity index (χ1n) is 10.1. The van der Waals surface area contributed by atoms with Crippen LogP contribution in [0.15, 0.2) is 46.3 Å². The molecule has 0 saturated carbocycles. The highest BCUT2D eigenvalue weighted by atomic mass is 35.5. The summed E-state index contributed by atoms with van der Waals surface area (Å²) in [7, 11) is 0. The molecular weight excluding hydrogens is 468 g/mol. The number of Topliss-reactive ketones (excluding diaryl/α,β-unsaturated/α-hetero) is 1. The van der Waals surface area contributed by atoms with Crippen molar-refractivity contribution in [3.63, 3.8) is 0 Å². The van der Waals surface area contributed by atoms with Crippen molar-refractivity contribution in [3.8, 4) is 5.69 Å². The Hall–Kier alpha value is -1.93. The Morgan fingerprint density at radius 3 is 2.65 bits per heavy atom. The molecule has 1 aliphatic rings. The van der Waals surface area contributed by atoms with Gasteiger partial charge in [-0.2, -0.15) is 0 Å². The second kappa shape index (κ2) is 8.54. The molecule has 0 spiro atoms. The normalized spacial score (nSPS) is 13.5. The number of aryl methyl sites for hydroxylation is 3. The topological polar surface area (TPSA) is 52.0 Å². The summed E-state index contributed by atoms with van der Waals surface area (Å²) < 4.78 is 2.26. The molecule has 8 heteroatoms. The summed E-state index contributed by atoms with van der Waals surface area (Å²) in [5.74, 6) is 0.184. The van der Waals surface area contributed by atoms with E-state index in [4.69, 9.17) is 16.6 Å². The summed E-state index contributed by atoms with van der Waals surface area (Å²) in [4.78, 5) is 33.9. The zero-order valence-electron chi connectivity index (χ0n) is 16.8. The molecule has 31 heavy (non-hydrogen) atoms. The van der Waals surface area contributed by atoms with Gasteiger partial charge in [0.1, 0.15) is 4.83 Å². The van der Waals surface area contributed by atoms with Crippen molar-refractivity contribution in [3.05, 3.63) is 72.0 Å². The van der Waals surface area contributed by atoms with Crippen LogP contribution in [0.5, 0.6) is 0 Å². The molecule has 3 aromatic heterocycles. The van der Waals surface area contributed by atoms with Crippen LogP contribution >= 0.6 is 46.0 Å². The molecule has 0 radical (unpaired) electrons. The van der Waals surface area contributed by atoms with Crippen molar-refractivity contribution in [1.82, 2.24) is 9.55 Å². The minimum Gasteiger partial charge on any atom is -0.292 e. The monoisotopic (exact) mass is 486 g/mol. The Bertz CT molecular complexity index is 1350. The highest BCUT2D eigenvalue weighted by Gasteiger charge is 2.23. The number of carbonyl (C=O) groups is 1. The molecule has 4 nitrogen and oxygen atoms in total. The molecule has 0 fully saturated rings. The molecule has 0 amide bonds. The van der Waals surface area contributed by atoms with Gasteiger partial charge in [0.15, 0.2) is 10.9 Å².